The molecule has 0 saturated carbocycles. The molecular weight excluding hydrogens is 530 g/mol. The molecule has 0 spiro atoms. The van der Waals surface area contributed by atoms with E-state index in [1.165, 1.54) is 0 Å². The van der Waals surface area contributed by atoms with Gasteiger partial charge < -0.3 is 9.13 Å². The Balaban J connectivity index is 1.65. The smallest absolute Gasteiger partial charge is 0.175 e. The van der Waals surface area contributed by atoms with Crippen molar-refractivity contribution < 1.29 is 9.13 Å². The number of aromatic nitrogens is 2. The van der Waals surface area contributed by atoms with Crippen LogP contribution >= 0.6 is 14.3 Å². The van der Waals surface area contributed by atoms with Gasteiger partial charge in [0.1, 0.15) is 0 Å². The number of pyridine rings is 2. The summed E-state index contributed by atoms with van der Waals surface area (Å²) in [6.07, 6.45) is 5.19. The molecule has 6 aromatic rings. The molecule has 6 heteroatoms. The highest BCUT2D eigenvalue weighted by atomic mass is 31.2. The third-order valence-corrected chi connectivity index (χ3v) is 14.3. The predicted molar refractivity (Wildman–Crippen MR) is 165 cm³/mol. The van der Waals surface area contributed by atoms with Crippen LogP contribution in [-0.2, 0) is 9.13 Å². The first-order chi connectivity index (χ1) is 19.6. The van der Waals surface area contributed by atoms with Gasteiger partial charge in [-0.05, 0) is 17.7 Å². The SMILES string of the molecule is O=P1(c2ccccc2)C2=C(c3ccccc31)c1c(cnc3ccccc13)P(=O)(c1ccccc1)c1cnccc12. The van der Waals surface area contributed by atoms with Crippen LogP contribution < -0.4 is 26.5 Å². The number of fused-ring (bicyclic) bond motifs is 8. The summed E-state index contributed by atoms with van der Waals surface area (Å²) < 4.78 is 31.7. The lowest BCUT2D eigenvalue weighted by Crippen LogP contribution is -2.29. The second kappa shape index (κ2) is 8.57. The summed E-state index contributed by atoms with van der Waals surface area (Å²) in [7, 11) is -6.87. The van der Waals surface area contributed by atoms with Crippen LogP contribution in [-0.4, -0.2) is 9.97 Å². The highest BCUT2D eigenvalue weighted by Gasteiger charge is 2.49. The highest BCUT2D eigenvalue weighted by molar-refractivity contribution is 7.89. The lowest BCUT2D eigenvalue weighted by atomic mass is 9.93. The van der Waals surface area contributed by atoms with Gasteiger partial charge >= 0.3 is 0 Å². The molecule has 8 rings (SSSR count). The number of nitrogens with zero attached hydrogens (tertiary/aromatic N) is 2. The lowest BCUT2D eigenvalue weighted by molar-refractivity contribution is 0.592. The normalized spacial score (nSPS) is 20.8. The van der Waals surface area contributed by atoms with Crippen molar-refractivity contribution in [3.8, 4) is 0 Å². The number of rotatable bonds is 2. The number of hydrogen-bond acceptors (Lipinski definition) is 4. The van der Waals surface area contributed by atoms with Crippen LogP contribution in [0, 0.1) is 0 Å². The molecule has 2 aliphatic heterocycles. The zero-order chi connectivity index (χ0) is 26.9. The van der Waals surface area contributed by atoms with Crippen molar-refractivity contribution in [2.45, 2.75) is 0 Å². The number of hydrogen-bond donors (Lipinski definition) is 0. The summed E-state index contributed by atoms with van der Waals surface area (Å²) in [5.74, 6) is 0. The predicted octanol–water partition coefficient (Wildman–Crippen LogP) is 5.83. The minimum atomic E-state index is -3.50. The summed E-state index contributed by atoms with van der Waals surface area (Å²) in [6, 6.07) is 37.1. The Kier molecular flexibility index (Phi) is 5.04. The van der Waals surface area contributed by atoms with Crippen molar-refractivity contribution in [3.05, 3.63) is 151 Å². The van der Waals surface area contributed by atoms with Crippen molar-refractivity contribution in [2.24, 2.45) is 0 Å². The largest absolute Gasteiger partial charge is 0.309 e. The number of para-hydroxylation sites is 1. The molecule has 0 N–H and O–H groups in total. The second-order valence-electron chi connectivity index (χ2n) is 10.1. The van der Waals surface area contributed by atoms with E-state index in [0.717, 1.165) is 49.1 Å². The average molecular weight is 553 g/mol. The van der Waals surface area contributed by atoms with Crippen molar-refractivity contribution in [1.82, 2.24) is 9.97 Å². The molecule has 40 heavy (non-hydrogen) atoms. The van der Waals surface area contributed by atoms with E-state index in [2.05, 4.69) is 4.98 Å². The van der Waals surface area contributed by atoms with Gasteiger partial charge in [-0.1, -0.05) is 103 Å². The van der Waals surface area contributed by atoms with E-state index >= 15 is 9.13 Å². The molecule has 2 atom stereocenters. The van der Waals surface area contributed by atoms with E-state index in [9.17, 15) is 0 Å². The third-order valence-electron chi connectivity index (χ3n) is 8.04. The monoisotopic (exact) mass is 552 g/mol. The van der Waals surface area contributed by atoms with Gasteiger partial charge in [0.15, 0.2) is 14.3 Å². The first-order valence-corrected chi connectivity index (χ1v) is 16.5. The molecular formula is C34H22N2O2P2. The van der Waals surface area contributed by atoms with Crippen LogP contribution in [0.3, 0.4) is 0 Å². The quantitative estimate of drug-likeness (QED) is 0.254. The van der Waals surface area contributed by atoms with E-state index in [-0.39, 0.29) is 0 Å². The van der Waals surface area contributed by atoms with Gasteiger partial charge in [0, 0.05) is 72.5 Å². The Hall–Kier alpha value is -4.36. The molecule has 0 saturated heterocycles. The van der Waals surface area contributed by atoms with E-state index < -0.39 is 14.3 Å². The molecule has 0 radical (unpaired) electrons. The fourth-order valence-corrected chi connectivity index (χ4v) is 12.6. The van der Waals surface area contributed by atoms with Crippen molar-refractivity contribution in [1.29, 1.82) is 0 Å². The van der Waals surface area contributed by atoms with Crippen LogP contribution in [0.25, 0.3) is 21.8 Å². The standard InChI is InChI=1S/C34H22N2O2P2/c37-39(23-11-3-1-4-12-23)30-21-35-20-19-27(30)34-33(32-25-15-7-9-17-28(25)36-22-31(32)39)26-16-8-10-18-29(26)40(34,38)24-13-5-2-6-14-24/h1-22H. The minimum Gasteiger partial charge on any atom is -0.309 e. The number of benzene rings is 4. The van der Waals surface area contributed by atoms with Gasteiger partial charge in [-0.3, -0.25) is 9.97 Å². The summed E-state index contributed by atoms with van der Waals surface area (Å²) >= 11 is 0. The van der Waals surface area contributed by atoms with Crippen LogP contribution in [0.4, 0.5) is 0 Å². The Morgan fingerprint density at radius 3 is 1.95 bits per heavy atom. The maximum atomic E-state index is 15.8. The minimum absolute atomic E-state index is 0.591. The second-order valence-corrected chi connectivity index (χ2v) is 15.4. The van der Waals surface area contributed by atoms with E-state index in [1.54, 1.807) is 18.6 Å². The van der Waals surface area contributed by atoms with Gasteiger partial charge in [-0.15, -0.1) is 0 Å². The Morgan fingerprint density at radius 2 is 1.18 bits per heavy atom. The van der Waals surface area contributed by atoms with E-state index in [4.69, 9.17) is 4.98 Å². The molecule has 190 valence electrons. The van der Waals surface area contributed by atoms with Crippen molar-refractivity contribution >= 4 is 62.6 Å². The summed E-state index contributed by atoms with van der Waals surface area (Å²) in [5.41, 5.74) is 4.14. The van der Waals surface area contributed by atoms with Gasteiger partial charge in [0.25, 0.3) is 0 Å². The molecule has 0 fully saturated rings. The molecule has 0 amide bonds. The van der Waals surface area contributed by atoms with Gasteiger partial charge in [-0.2, -0.15) is 0 Å². The van der Waals surface area contributed by atoms with E-state index in [1.807, 2.05) is 115 Å². The molecule has 2 aromatic heterocycles. The molecule has 0 bridgehead atoms. The zero-order valence-electron chi connectivity index (χ0n) is 21.3. The van der Waals surface area contributed by atoms with Crippen LogP contribution in [0.1, 0.15) is 16.7 Å². The summed E-state index contributed by atoms with van der Waals surface area (Å²) in [6.45, 7) is 0. The topological polar surface area (TPSA) is 59.9 Å². The van der Waals surface area contributed by atoms with Gasteiger partial charge in [0.2, 0.25) is 0 Å². The Labute approximate surface area is 231 Å². The van der Waals surface area contributed by atoms with Crippen molar-refractivity contribution in [2.75, 3.05) is 0 Å². The molecule has 4 nitrogen and oxygen atoms in total. The Morgan fingerprint density at radius 1 is 0.525 bits per heavy atom. The zero-order valence-corrected chi connectivity index (χ0v) is 23.1. The maximum absolute atomic E-state index is 15.8. The molecule has 4 heterocycles. The Bertz CT molecular complexity index is 2120. The van der Waals surface area contributed by atoms with Crippen LogP contribution in [0.15, 0.2) is 134 Å². The summed E-state index contributed by atoms with van der Waals surface area (Å²) in [4.78, 5) is 9.29. The molecule has 2 aliphatic rings. The van der Waals surface area contributed by atoms with Gasteiger partial charge in [0.05, 0.1) is 5.52 Å². The first kappa shape index (κ1) is 23.5. The molecule has 2 unspecified atom stereocenters. The lowest BCUT2D eigenvalue weighted by Gasteiger charge is -2.24. The van der Waals surface area contributed by atoms with Crippen molar-refractivity contribution in [3.63, 3.8) is 0 Å². The summed E-state index contributed by atoms with van der Waals surface area (Å²) in [5, 5.41) is 5.11. The highest BCUT2D eigenvalue weighted by Crippen LogP contribution is 2.68. The van der Waals surface area contributed by atoms with E-state index in [0.29, 0.717) is 15.9 Å². The van der Waals surface area contributed by atoms with Crippen LogP contribution in [0.5, 0.6) is 0 Å². The molecule has 4 aromatic carbocycles. The van der Waals surface area contributed by atoms with Gasteiger partial charge in [-0.25, -0.2) is 0 Å². The third kappa shape index (κ3) is 2.98. The maximum Gasteiger partial charge on any atom is 0.175 e. The average Bonchev–Trinajstić information content (AvgIpc) is 3.24. The first-order valence-electron chi connectivity index (χ1n) is 13.1. The fraction of sp³-hybridized carbons (Fsp3) is 0. The van der Waals surface area contributed by atoms with Crippen LogP contribution in [0.2, 0.25) is 0 Å². The fourth-order valence-electron chi connectivity index (χ4n) is 6.34. The molecule has 0 aliphatic carbocycles.